The van der Waals surface area contributed by atoms with Crippen molar-refractivity contribution in [1.29, 1.82) is 0 Å². The lowest BCUT2D eigenvalue weighted by Crippen LogP contribution is -2.66. The molecule has 2 fully saturated rings. The van der Waals surface area contributed by atoms with Gasteiger partial charge in [0.15, 0.2) is 6.61 Å². The lowest BCUT2D eigenvalue weighted by Gasteiger charge is -2.58. The second-order valence-electron chi connectivity index (χ2n) is 9.62. The fourth-order valence-corrected chi connectivity index (χ4v) is 5.08. The molecule has 2 saturated heterocycles. The van der Waals surface area contributed by atoms with Crippen LogP contribution in [0.2, 0.25) is 0 Å². The number of hydrogen-bond donors (Lipinski definition) is 4. The van der Waals surface area contributed by atoms with Gasteiger partial charge in [0.1, 0.15) is 12.3 Å². The summed E-state index contributed by atoms with van der Waals surface area (Å²) >= 11 is 0. The van der Waals surface area contributed by atoms with Crippen LogP contribution >= 0.6 is 0 Å². The number of aromatic carboxylic acids is 1. The Morgan fingerprint density at radius 3 is 2.44 bits per heavy atom. The number of piperidine rings is 1. The number of nitrogens with zero attached hydrogens (tertiary/aromatic N) is 2. The third-order valence-electron chi connectivity index (χ3n) is 7.09. The zero-order chi connectivity index (χ0) is 28.2. The van der Waals surface area contributed by atoms with Gasteiger partial charge in [-0.2, -0.15) is 0 Å². The Morgan fingerprint density at radius 1 is 1.10 bits per heavy atom. The maximum atomic E-state index is 13.5. The van der Waals surface area contributed by atoms with Gasteiger partial charge in [0.25, 0.3) is 5.91 Å². The van der Waals surface area contributed by atoms with E-state index in [1.807, 2.05) is 12.1 Å². The van der Waals surface area contributed by atoms with Gasteiger partial charge < -0.3 is 35.4 Å². The maximum absolute atomic E-state index is 13.5. The average molecular weight is 539 g/mol. The summed E-state index contributed by atoms with van der Waals surface area (Å²) in [6.07, 6.45) is 1.31. The minimum atomic E-state index is -1.15. The third-order valence-corrected chi connectivity index (χ3v) is 7.09. The smallest absolute Gasteiger partial charge is 0.335 e. The molecule has 12 nitrogen and oxygen atoms in total. The Labute approximate surface area is 224 Å². The first-order valence-corrected chi connectivity index (χ1v) is 12.5. The number of benzene rings is 2. The van der Waals surface area contributed by atoms with Crippen LogP contribution in [0.5, 0.6) is 5.75 Å². The molecule has 2 aliphatic rings. The Balaban J connectivity index is 1.43. The molecule has 2 heterocycles. The van der Waals surface area contributed by atoms with Crippen molar-refractivity contribution in [2.45, 2.75) is 18.9 Å². The average Bonchev–Trinajstić information content (AvgIpc) is 2.93. The maximum Gasteiger partial charge on any atom is 0.335 e. The van der Waals surface area contributed by atoms with Gasteiger partial charge in [0, 0.05) is 12.7 Å². The number of carboxylic acid groups (broad SMARTS) is 2. The number of nitrogens with one attached hydrogen (secondary N) is 2. The predicted octanol–water partition coefficient (Wildman–Crippen LogP) is 0.881. The Kier molecular flexibility index (Phi) is 8.15. The molecule has 12 heteroatoms. The SMILES string of the molecule is CN(CC(=O)O)C(=O)CNC(=O)COc1ccc(C2N(c3cccc(C(=O)O)c3)C(=O)C23CCNCC3)cc1. The molecule has 0 aromatic heterocycles. The number of ether oxygens (including phenoxy) is 1. The van der Waals surface area contributed by atoms with Gasteiger partial charge in [-0.1, -0.05) is 18.2 Å². The van der Waals surface area contributed by atoms with E-state index in [1.165, 1.54) is 19.2 Å². The Morgan fingerprint density at radius 2 is 1.79 bits per heavy atom. The molecule has 2 aliphatic heterocycles. The predicted molar refractivity (Wildman–Crippen MR) is 138 cm³/mol. The van der Waals surface area contributed by atoms with Crippen molar-refractivity contribution in [3.8, 4) is 5.75 Å². The standard InChI is InChI=1S/C27H30N4O8/c1-30(15-23(34)35)22(33)14-29-21(32)16-39-20-7-5-17(6-8-20)24-27(9-11-28-12-10-27)26(38)31(24)19-4-2-3-18(13-19)25(36)37/h2-8,13,24,28H,9-12,14-16H2,1H3,(H,29,32)(H,34,35)(H,36,37). The number of carbonyl (C=O) groups is 5. The van der Waals surface area contributed by atoms with Crippen LogP contribution in [-0.4, -0.2) is 84.6 Å². The number of β-lactam (4-membered cyclic amide) rings is 1. The van der Waals surface area contributed by atoms with Crippen molar-refractivity contribution >= 4 is 35.3 Å². The van der Waals surface area contributed by atoms with Crippen molar-refractivity contribution in [1.82, 2.24) is 15.5 Å². The molecule has 206 valence electrons. The quantitative estimate of drug-likeness (QED) is 0.321. The summed E-state index contributed by atoms with van der Waals surface area (Å²) in [5.74, 6) is -2.93. The normalized spacial score (nSPS) is 17.7. The molecule has 2 aromatic rings. The summed E-state index contributed by atoms with van der Waals surface area (Å²) in [7, 11) is 1.33. The summed E-state index contributed by atoms with van der Waals surface area (Å²) < 4.78 is 5.54. The summed E-state index contributed by atoms with van der Waals surface area (Å²) in [6, 6.07) is 13.1. The van der Waals surface area contributed by atoms with Crippen molar-refractivity contribution in [2.24, 2.45) is 5.41 Å². The summed E-state index contributed by atoms with van der Waals surface area (Å²) in [5.41, 5.74) is 0.894. The van der Waals surface area contributed by atoms with Crippen LogP contribution in [0.1, 0.15) is 34.8 Å². The molecule has 0 radical (unpaired) electrons. The third kappa shape index (κ3) is 5.85. The molecule has 1 atom stereocenters. The first kappa shape index (κ1) is 27.6. The van der Waals surface area contributed by atoms with Gasteiger partial charge >= 0.3 is 11.9 Å². The first-order valence-electron chi connectivity index (χ1n) is 12.5. The molecule has 2 aromatic carbocycles. The van der Waals surface area contributed by atoms with Gasteiger partial charge in [-0.3, -0.25) is 19.2 Å². The van der Waals surface area contributed by atoms with Gasteiger partial charge in [0.05, 0.1) is 23.6 Å². The molecule has 0 saturated carbocycles. The Hall–Kier alpha value is -4.45. The second kappa shape index (κ2) is 11.5. The van der Waals surface area contributed by atoms with Crippen molar-refractivity contribution in [3.05, 3.63) is 59.7 Å². The molecule has 0 bridgehead atoms. The summed E-state index contributed by atoms with van der Waals surface area (Å²) in [4.78, 5) is 62.3. The molecule has 3 amide bonds. The molecule has 4 N–H and O–H groups in total. The number of rotatable bonds is 10. The topological polar surface area (TPSA) is 166 Å². The summed E-state index contributed by atoms with van der Waals surface area (Å²) in [5, 5.41) is 23.8. The number of aliphatic carboxylic acids is 1. The number of likely N-dealkylation sites (N-methyl/N-ethyl adjacent to an activating group) is 1. The highest BCUT2D eigenvalue weighted by atomic mass is 16.5. The molecular formula is C27H30N4O8. The highest BCUT2D eigenvalue weighted by Gasteiger charge is 2.61. The number of carboxylic acids is 2. The fraction of sp³-hybridized carbons (Fsp3) is 0.370. The van der Waals surface area contributed by atoms with E-state index >= 15 is 0 Å². The fourth-order valence-electron chi connectivity index (χ4n) is 5.08. The zero-order valence-corrected chi connectivity index (χ0v) is 21.4. The van der Waals surface area contributed by atoms with E-state index in [4.69, 9.17) is 9.84 Å². The molecule has 1 unspecified atom stereocenters. The van der Waals surface area contributed by atoms with Crippen LogP contribution in [0, 0.1) is 5.41 Å². The lowest BCUT2D eigenvalue weighted by atomic mass is 9.62. The van der Waals surface area contributed by atoms with E-state index < -0.39 is 35.7 Å². The van der Waals surface area contributed by atoms with Gasteiger partial charge in [-0.05, 0) is 61.8 Å². The highest BCUT2D eigenvalue weighted by molar-refractivity contribution is 6.07. The molecule has 0 aliphatic carbocycles. The largest absolute Gasteiger partial charge is 0.484 e. The van der Waals surface area contributed by atoms with Crippen molar-refractivity contribution in [3.63, 3.8) is 0 Å². The first-order chi connectivity index (χ1) is 18.6. The van der Waals surface area contributed by atoms with Gasteiger partial charge in [0.2, 0.25) is 11.8 Å². The van der Waals surface area contributed by atoms with E-state index in [0.29, 0.717) is 37.4 Å². The Bertz CT molecular complexity index is 1270. The lowest BCUT2D eigenvalue weighted by molar-refractivity contribution is -0.143. The van der Waals surface area contributed by atoms with E-state index in [9.17, 15) is 29.1 Å². The van der Waals surface area contributed by atoms with E-state index in [2.05, 4.69) is 10.6 Å². The monoisotopic (exact) mass is 538 g/mol. The van der Waals surface area contributed by atoms with Crippen LogP contribution in [0.15, 0.2) is 48.5 Å². The molecule has 39 heavy (non-hydrogen) atoms. The minimum Gasteiger partial charge on any atom is -0.484 e. The number of hydrogen-bond acceptors (Lipinski definition) is 7. The van der Waals surface area contributed by atoms with Gasteiger partial charge in [-0.25, -0.2) is 4.79 Å². The number of amides is 3. The number of carbonyl (C=O) groups excluding carboxylic acids is 3. The van der Waals surface area contributed by atoms with Gasteiger partial charge in [-0.15, -0.1) is 0 Å². The molecule has 4 rings (SSSR count). The van der Waals surface area contributed by atoms with Crippen LogP contribution < -0.4 is 20.3 Å². The second-order valence-corrected chi connectivity index (χ2v) is 9.62. The summed E-state index contributed by atoms with van der Waals surface area (Å²) in [6.45, 7) is 0.244. The van der Waals surface area contributed by atoms with E-state index in [-0.39, 0.29) is 30.7 Å². The van der Waals surface area contributed by atoms with Crippen LogP contribution in [0.25, 0.3) is 0 Å². The van der Waals surface area contributed by atoms with E-state index in [1.54, 1.807) is 29.2 Å². The van der Waals surface area contributed by atoms with Crippen LogP contribution in [0.3, 0.4) is 0 Å². The van der Waals surface area contributed by atoms with E-state index in [0.717, 1.165) is 10.5 Å². The molecule has 1 spiro atoms. The highest BCUT2D eigenvalue weighted by Crippen LogP contribution is 2.56. The van der Waals surface area contributed by atoms with Crippen molar-refractivity contribution in [2.75, 3.05) is 44.7 Å². The molecular weight excluding hydrogens is 508 g/mol. The minimum absolute atomic E-state index is 0.0305. The zero-order valence-electron chi connectivity index (χ0n) is 21.4. The van der Waals surface area contributed by atoms with Crippen LogP contribution in [-0.2, 0) is 19.2 Å². The number of anilines is 1. The van der Waals surface area contributed by atoms with Crippen molar-refractivity contribution < 1.29 is 38.9 Å². The van der Waals surface area contributed by atoms with Crippen LogP contribution in [0.4, 0.5) is 5.69 Å².